The van der Waals surface area contributed by atoms with Gasteiger partial charge in [-0.1, -0.05) is 6.07 Å². The van der Waals surface area contributed by atoms with Crippen molar-refractivity contribution < 1.29 is 8.42 Å². The lowest BCUT2D eigenvalue weighted by Crippen LogP contribution is -2.26. The van der Waals surface area contributed by atoms with Crippen molar-refractivity contribution in [1.29, 1.82) is 0 Å². The number of thiazole rings is 1. The summed E-state index contributed by atoms with van der Waals surface area (Å²) in [7, 11) is 1.86. The Balaban J connectivity index is 2.33. The maximum atomic E-state index is 12.6. The quantitative estimate of drug-likeness (QED) is 0.847. The van der Waals surface area contributed by atoms with Gasteiger partial charge in [-0.25, -0.2) is 13.4 Å². The number of hydrogen-bond acceptors (Lipinski definition) is 5. The molecule has 114 valence electrons. The molecule has 0 radical (unpaired) electrons. The van der Waals surface area contributed by atoms with Crippen LogP contribution in [0.3, 0.4) is 0 Å². The maximum absolute atomic E-state index is 12.6. The van der Waals surface area contributed by atoms with Crippen molar-refractivity contribution in [1.82, 2.24) is 9.29 Å². The minimum absolute atomic E-state index is 0.283. The van der Waals surface area contributed by atoms with Gasteiger partial charge in [-0.3, -0.25) is 0 Å². The fraction of sp³-hybridized carbons (Fsp3) is 0.357. The maximum Gasteiger partial charge on any atom is 0.243 e. The Morgan fingerprint density at radius 3 is 2.52 bits per heavy atom. The zero-order valence-corrected chi connectivity index (χ0v) is 14.2. The molecule has 21 heavy (non-hydrogen) atoms. The third-order valence-corrected chi connectivity index (χ3v) is 5.78. The monoisotopic (exact) mass is 325 g/mol. The average Bonchev–Trinajstić information content (AvgIpc) is 2.91. The summed E-state index contributed by atoms with van der Waals surface area (Å²) >= 11 is 1.45. The predicted molar refractivity (Wildman–Crippen MR) is 86.3 cm³/mol. The summed E-state index contributed by atoms with van der Waals surface area (Å²) in [6.45, 7) is 2.25. The molecule has 0 saturated carbocycles. The molecule has 1 heterocycles. The molecule has 2 rings (SSSR count). The Morgan fingerprint density at radius 2 is 1.95 bits per heavy atom. The van der Waals surface area contributed by atoms with Gasteiger partial charge < -0.3 is 4.90 Å². The molecule has 0 N–H and O–H groups in total. The van der Waals surface area contributed by atoms with E-state index in [1.54, 1.807) is 25.4 Å². The number of aromatic nitrogens is 1. The van der Waals surface area contributed by atoms with E-state index in [1.807, 2.05) is 37.4 Å². The first-order valence-electron chi connectivity index (χ1n) is 6.45. The third-order valence-electron chi connectivity index (χ3n) is 3.21. The Bertz CT molecular complexity index is 710. The van der Waals surface area contributed by atoms with Gasteiger partial charge in [-0.05, 0) is 24.6 Å². The first-order valence-corrected chi connectivity index (χ1v) is 8.77. The van der Waals surface area contributed by atoms with E-state index >= 15 is 0 Å². The van der Waals surface area contributed by atoms with E-state index in [9.17, 15) is 8.42 Å². The molecule has 1 aromatic heterocycles. The average molecular weight is 325 g/mol. The van der Waals surface area contributed by atoms with Crippen LogP contribution in [0.2, 0.25) is 0 Å². The van der Waals surface area contributed by atoms with Gasteiger partial charge in [0.2, 0.25) is 10.0 Å². The van der Waals surface area contributed by atoms with Crippen LogP contribution in [0.5, 0.6) is 0 Å². The van der Waals surface area contributed by atoms with Gasteiger partial charge in [0.1, 0.15) is 5.01 Å². The van der Waals surface area contributed by atoms with E-state index in [2.05, 4.69) is 4.98 Å². The van der Waals surface area contributed by atoms with E-state index in [1.165, 1.54) is 15.6 Å². The topological polar surface area (TPSA) is 53.5 Å². The van der Waals surface area contributed by atoms with Crippen LogP contribution >= 0.6 is 11.3 Å². The highest BCUT2D eigenvalue weighted by Crippen LogP contribution is 2.25. The minimum atomic E-state index is -3.51. The highest BCUT2D eigenvalue weighted by Gasteiger charge is 2.22. The second kappa shape index (κ2) is 6.13. The van der Waals surface area contributed by atoms with E-state index in [0.717, 1.165) is 16.3 Å². The van der Waals surface area contributed by atoms with Gasteiger partial charge in [0.25, 0.3) is 0 Å². The lowest BCUT2D eigenvalue weighted by atomic mass is 10.2. The van der Waals surface area contributed by atoms with Crippen LogP contribution in [0.15, 0.2) is 34.7 Å². The molecular formula is C14H19N3O2S2. The Hall–Kier alpha value is -1.44. The molecule has 0 bridgehead atoms. The zero-order valence-electron chi connectivity index (χ0n) is 12.6. The van der Waals surface area contributed by atoms with Crippen LogP contribution in [0.25, 0.3) is 0 Å². The number of anilines is 1. The zero-order chi connectivity index (χ0) is 15.6. The fourth-order valence-electron chi connectivity index (χ4n) is 2.02. The summed E-state index contributed by atoms with van der Waals surface area (Å²) < 4.78 is 26.6. The molecule has 0 aliphatic heterocycles. The molecule has 1 aromatic carbocycles. The Labute approximate surface area is 129 Å². The highest BCUT2D eigenvalue weighted by atomic mass is 32.2. The van der Waals surface area contributed by atoms with Crippen molar-refractivity contribution in [2.45, 2.75) is 18.4 Å². The van der Waals surface area contributed by atoms with Gasteiger partial charge in [0.15, 0.2) is 0 Å². The summed E-state index contributed by atoms with van der Waals surface area (Å²) in [5.41, 5.74) is 1.94. The number of nitrogens with zero attached hydrogens (tertiary/aromatic N) is 3. The molecule has 0 spiro atoms. The molecule has 5 nitrogen and oxygen atoms in total. The normalized spacial score (nSPS) is 11.9. The van der Waals surface area contributed by atoms with Crippen LogP contribution < -0.4 is 4.90 Å². The summed E-state index contributed by atoms with van der Waals surface area (Å²) in [5.74, 6) is 0. The number of rotatable bonds is 5. The van der Waals surface area contributed by atoms with Gasteiger partial charge >= 0.3 is 0 Å². The van der Waals surface area contributed by atoms with Gasteiger partial charge in [-0.2, -0.15) is 4.31 Å². The van der Waals surface area contributed by atoms with Crippen molar-refractivity contribution >= 4 is 27.0 Å². The van der Waals surface area contributed by atoms with Gasteiger partial charge in [-0.15, -0.1) is 11.3 Å². The van der Waals surface area contributed by atoms with E-state index in [4.69, 9.17) is 0 Å². The molecule has 7 heteroatoms. The van der Waals surface area contributed by atoms with Gasteiger partial charge in [0, 0.05) is 38.4 Å². The van der Waals surface area contributed by atoms with Crippen molar-refractivity contribution in [3.05, 3.63) is 40.3 Å². The molecule has 0 atom stereocenters. The smallest absolute Gasteiger partial charge is 0.243 e. The molecule has 0 unspecified atom stereocenters. The second-order valence-corrected chi connectivity index (χ2v) is 8.05. The number of hydrogen-bond donors (Lipinski definition) is 0. The van der Waals surface area contributed by atoms with Gasteiger partial charge in [0.05, 0.1) is 11.4 Å². The van der Waals surface area contributed by atoms with Crippen molar-refractivity contribution in [3.63, 3.8) is 0 Å². The summed E-state index contributed by atoms with van der Waals surface area (Å²) in [6, 6.07) is 5.19. The van der Waals surface area contributed by atoms with Crippen LogP contribution in [0.1, 0.15) is 10.6 Å². The number of sulfonamides is 1. The van der Waals surface area contributed by atoms with Crippen molar-refractivity contribution in [3.8, 4) is 0 Å². The van der Waals surface area contributed by atoms with Crippen molar-refractivity contribution in [2.24, 2.45) is 0 Å². The molecule has 2 aromatic rings. The minimum Gasteiger partial charge on any atom is -0.377 e. The summed E-state index contributed by atoms with van der Waals surface area (Å²) in [4.78, 5) is 6.34. The Morgan fingerprint density at radius 1 is 1.24 bits per heavy atom. The second-order valence-electron chi connectivity index (χ2n) is 5.03. The van der Waals surface area contributed by atoms with Crippen LogP contribution in [0, 0.1) is 6.92 Å². The highest BCUT2D eigenvalue weighted by molar-refractivity contribution is 7.89. The Kier molecular flexibility index (Phi) is 4.65. The van der Waals surface area contributed by atoms with Crippen LogP contribution in [-0.4, -0.2) is 38.9 Å². The first kappa shape index (κ1) is 15.9. The van der Waals surface area contributed by atoms with E-state index < -0.39 is 10.0 Å². The van der Waals surface area contributed by atoms with E-state index in [-0.39, 0.29) is 6.54 Å². The number of benzene rings is 1. The molecule has 0 amide bonds. The molecular weight excluding hydrogens is 306 g/mol. The fourth-order valence-corrected chi connectivity index (χ4v) is 3.92. The van der Waals surface area contributed by atoms with Crippen LogP contribution in [0.4, 0.5) is 5.69 Å². The first-order chi connectivity index (χ1) is 9.82. The molecule has 0 aliphatic carbocycles. The predicted octanol–water partition coefficient (Wildman–Crippen LogP) is 2.34. The third kappa shape index (κ3) is 3.42. The van der Waals surface area contributed by atoms with Crippen molar-refractivity contribution in [2.75, 3.05) is 26.0 Å². The standard InChI is InChI=1S/C14H19N3O2S2/c1-11-5-6-12(9-13(11)16(2)3)21(18,19)17(4)10-14-15-7-8-20-14/h5-9H,10H2,1-4H3. The lowest BCUT2D eigenvalue weighted by molar-refractivity contribution is 0.466. The summed E-state index contributed by atoms with van der Waals surface area (Å²) in [6.07, 6.45) is 1.68. The molecule has 0 saturated heterocycles. The molecule has 0 fully saturated rings. The molecule has 0 aliphatic rings. The SMILES string of the molecule is Cc1ccc(S(=O)(=O)N(C)Cc2nccs2)cc1N(C)C. The van der Waals surface area contributed by atoms with Crippen LogP contribution in [-0.2, 0) is 16.6 Å². The number of aryl methyl sites for hydroxylation is 1. The summed E-state index contributed by atoms with van der Waals surface area (Å²) in [5, 5.41) is 2.62. The lowest BCUT2D eigenvalue weighted by Gasteiger charge is -2.20. The van der Waals surface area contributed by atoms with E-state index in [0.29, 0.717) is 4.90 Å². The largest absolute Gasteiger partial charge is 0.377 e.